The molecule has 2 heterocycles. The second-order valence-corrected chi connectivity index (χ2v) is 9.47. The van der Waals surface area contributed by atoms with E-state index in [1.54, 1.807) is 7.11 Å². The molecule has 0 saturated heterocycles. The SMILES string of the molecule is COc1ccc2c(c1)C(c1ccc(I)cc1)=N[C@@H](CC(=O)NCCCCCN)c1nnc(C)n1-2. The molecule has 1 aliphatic heterocycles. The quantitative estimate of drug-likeness (QED) is 0.300. The van der Waals surface area contributed by atoms with Crippen LogP contribution in [-0.4, -0.2) is 46.6 Å². The van der Waals surface area contributed by atoms with E-state index in [1.807, 2.05) is 29.7 Å². The van der Waals surface area contributed by atoms with Crippen molar-refractivity contribution in [2.24, 2.45) is 10.7 Å². The number of aromatic nitrogens is 3. The number of carbonyl (C=O) groups excluding carboxylic acids is 1. The number of aliphatic imine (C=N–C) groups is 1. The Morgan fingerprint density at radius 3 is 2.68 bits per heavy atom. The van der Waals surface area contributed by atoms with Gasteiger partial charge in [-0.3, -0.25) is 14.4 Å². The summed E-state index contributed by atoms with van der Waals surface area (Å²) in [5, 5.41) is 11.8. The van der Waals surface area contributed by atoms with E-state index >= 15 is 0 Å². The highest BCUT2D eigenvalue weighted by molar-refractivity contribution is 14.1. The zero-order valence-corrected chi connectivity index (χ0v) is 21.6. The van der Waals surface area contributed by atoms with Crippen LogP contribution in [0.4, 0.5) is 0 Å². The van der Waals surface area contributed by atoms with Crippen molar-refractivity contribution in [3.63, 3.8) is 0 Å². The third kappa shape index (κ3) is 5.30. The summed E-state index contributed by atoms with van der Waals surface area (Å²) in [5.74, 6) is 2.08. The molecule has 1 aliphatic rings. The van der Waals surface area contributed by atoms with Gasteiger partial charge in [-0.05, 0) is 79.2 Å². The van der Waals surface area contributed by atoms with Crippen LogP contribution in [0, 0.1) is 10.5 Å². The van der Waals surface area contributed by atoms with Gasteiger partial charge in [0.25, 0.3) is 0 Å². The number of rotatable bonds is 9. The van der Waals surface area contributed by atoms with E-state index in [-0.39, 0.29) is 12.3 Å². The topological polar surface area (TPSA) is 107 Å². The van der Waals surface area contributed by atoms with Crippen molar-refractivity contribution in [3.8, 4) is 11.4 Å². The number of carbonyl (C=O) groups is 1. The first-order chi connectivity index (χ1) is 16.5. The molecule has 1 atom stereocenters. The summed E-state index contributed by atoms with van der Waals surface area (Å²) in [6, 6.07) is 13.6. The summed E-state index contributed by atoms with van der Waals surface area (Å²) < 4.78 is 8.66. The fourth-order valence-corrected chi connectivity index (χ4v) is 4.46. The fourth-order valence-electron chi connectivity index (χ4n) is 4.10. The molecule has 3 N–H and O–H groups in total. The van der Waals surface area contributed by atoms with Crippen molar-refractivity contribution in [2.75, 3.05) is 20.2 Å². The predicted molar refractivity (Wildman–Crippen MR) is 141 cm³/mol. The third-order valence-electron chi connectivity index (χ3n) is 5.83. The van der Waals surface area contributed by atoms with E-state index in [1.165, 1.54) is 0 Å². The molecule has 3 aromatic rings. The van der Waals surface area contributed by atoms with Crippen LogP contribution in [0.25, 0.3) is 5.69 Å². The zero-order valence-electron chi connectivity index (χ0n) is 19.4. The Labute approximate surface area is 213 Å². The molecule has 2 aromatic carbocycles. The van der Waals surface area contributed by atoms with Crippen LogP contribution in [0.5, 0.6) is 5.75 Å². The minimum atomic E-state index is -0.474. The second kappa shape index (κ2) is 11.1. The van der Waals surface area contributed by atoms with Crippen molar-refractivity contribution in [1.29, 1.82) is 0 Å². The number of aryl methyl sites for hydroxylation is 1. The second-order valence-electron chi connectivity index (χ2n) is 8.23. The van der Waals surface area contributed by atoms with E-state index in [4.69, 9.17) is 15.5 Å². The number of hydrogen-bond donors (Lipinski definition) is 2. The van der Waals surface area contributed by atoms with Gasteiger partial charge in [-0.25, -0.2) is 0 Å². The number of nitrogens with zero attached hydrogens (tertiary/aromatic N) is 4. The standard InChI is InChI=1S/C25H29IN6O2/c1-16-30-31-25-21(15-23(33)28-13-5-3-4-12-27)29-24(17-6-8-18(26)9-7-17)20-14-19(34-2)10-11-22(20)32(16)25/h6-11,14,21H,3-5,12-13,15,27H2,1-2H3,(H,28,33)/t21-/m0/s1. The number of ether oxygens (including phenoxy) is 1. The Kier molecular flexibility index (Phi) is 7.94. The van der Waals surface area contributed by atoms with Gasteiger partial charge in [0.2, 0.25) is 5.91 Å². The van der Waals surface area contributed by atoms with Gasteiger partial charge in [0.15, 0.2) is 5.82 Å². The van der Waals surface area contributed by atoms with Crippen molar-refractivity contribution >= 4 is 34.2 Å². The Morgan fingerprint density at radius 2 is 1.94 bits per heavy atom. The fraction of sp³-hybridized carbons (Fsp3) is 0.360. The molecular formula is C25H29IN6O2. The van der Waals surface area contributed by atoms with E-state index in [0.717, 1.165) is 56.9 Å². The van der Waals surface area contributed by atoms with Gasteiger partial charge in [0, 0.05) is 21.2 Å². The summed E-state index contributed by atoms with van der Waals surface area (Å²) >= 11 is 2.29. The van der Waals surface area contributed by atoms with Crippen LogP contribution >= 0.6 is 22.6 Å². The van der Waals surface area contributed by atoms with E-state index in [0.29, 0.717) is 18.9 Å². The number of methoxy groups -OCH3 is 1. The van der Waals surface area contributed by atoms with Gasteiger partial charge < -0.3 is 15.8 Å². The molecule has 8 nitrogen and oxygen atoms in total. The van der Waals surface area contributed by atoms with E-state index in [9.17, 15) is 4.79 Å². The van der Waals surface area contributed by atoms with E-state index < -0.39 is 6.04 Å². The smallest absolute Gasteiger partial charge is 0.222 e. The maximum absolute atomic E-state index is 12.9. The summed E-state index contributed by atoms with van der Waals surface area (Å²) in [5.41, 5.74) is 9.16. The molecule has 0 bridgehead atoms. The van der Waals surface area contributed by atoms with E-state index in [2.05, 4.69) is 62.4 Å². The normalized spacial score (nSPS) is 14.6. The summed E-state index contributed by atoms with van der Waals surface area (Å²) in [7, 11) is 1.65. The van der Waals surface area contributed by atoms with Crippen LogP contribution in [-0.2, 0) is 4.79 Å². The molecule has 178 valence electrons. The number of nitrogens with one attached hydrogen (secondary N) is 1. The molecule has 0 radical (unpaired) electrons. The molecule has 4 rings (SSSR count). The molecule has 1 aromatic heterocycles. The monoisotopic (exact) mass is 572 g/mol. The van der Waals surface area contributed by atoms with Gasteiger partial charge in [-0.15, -0.1) is 10.2 Å². The molecule has 0 aliphatic carbocycles. The van der Waals surface area contributed by atoms with Crippen molar-refractivity contribution in [3.05, 3.63) is 68.8 Å². The average molecular weight is 572 g/mol. The summed E-state index contributed by atoms with van der Waals surface area (Å²) in [6.45, 7) is 3.21. The van der Waals surface area contributed by atoms with Crippen LogP contribution < -0.4 is 15.8 Å². The van der Waals surface area contributed by atoms with Crippen LogP contribution in [0.1, 0.15) is 54.5 Å². The van der Waals surface area contributed by atoms with Crippen molar-refractivity contribution < 1.29 is 9.53 Å². The molecule has 0 fully saturated rings. The first-order valence-corrected chi connectivity index (χ1v) is 12.5. The first-order valence-electron chi connectivity index (χ1n) is 11.4. The highest BCUT2D eigenvalue weighted by Crippen LogP contribution is 2.34. The van der Waals surface area contributed by atoms with Crippen LogP contribution in [0.3, 0.4) is 0 Å². The maximum atomic E-state index is 12.9. The lowest BCUT2D eigenvalue weighted by atomic mass is 10.00. The Hall–Kier alpha value is -2.79. The number of nitrogens with two attached hydrogens (primary N) is 1. The zero-order chi connectivity index (χ0) is 24.1. The minimum Gasteiger partial charge on any atom is -0.497 e. The van der Waals surface area contributed by atoms with Crippen LogP contribution in [0.15, 0.2) is 47.5 Å². The summed E-state index contributed by atoms with van der Waals surface area (Å²) in [6.07, 6.45) is 3.06. The molecular weight excluding hydrogens is 543 g/mol. The third-order valence-corrected chi connectivity index (χ3v) is 6.55. The molecule has 9 heteroatoms. The first kappa shape index (κ1) is 24.3. The van der Waals surface area contributed by atoms with Gasteiger partial charge in [-0.2, -0.15) is 0 Å². The number of amides is 1. The molecule has 34 heavy (non-hydrogen) atoms. The van der Waals surface area contributed by atoms with Crippen molar-refractivity contribution in [1.82, 2.24) is 20.1 Å². The van der Waals surface area contributed by atoms with Gasteiger partial charge >= 0.3 is 0 Å². The largest absolute Gasteiger partial charge is 0.497 e. The summed E-state index contributed by atoms with van der Waals surface area (Å²) in [4.78, 5) is 18.0. The number of halogens is 1. The van der Waals surface area contributed by atoms with Gasteiger partial charge in [0.1, 0.15) is 17.6 Å². The van der Waals surface area contributed by atoms with Crippen LogP contribution in [0.2, 0.25) is 0 Å². The van der Waals surface area contributed by atoms with Gasteiger partial charge in [-0.1, -0.05) is 18.6 Å². The Morgan fingerprint density at radius 1 is 1.15 bits per heavy atom. The molecule has 0 unspecified atom stereocenters. The lowest BCUT2D eigenvalue weighted by Crippen LogP contribution is -2.26. The molecule has 1 amide bonds. The number of benzene rings is 2. The lowest BCUT2D eigenvalue weighted by Gasteiger charge is -2.14. The average Bonchev–Trinajstić information content (AvgIpc) is 3.16. The van der Waals surface area contributed by atoms with Gasteiger partial charge in [0.05, 0.1) is 24.9 Å². The number of fused-ring (bicyclic) bond motifs is 3. The minimum absolute atomic E-state index is 0.0563. The Balaban J connectivity index is 1.74. The predicted octanol–water partition coefficient (Wildman–Crippen LogP) is 3.72. The molecule has 0 saturated carbocycles. The number of hydrogen-bond acceptors (Lipinski definition) is 6. The maximum Gasteiger partial charge on any atom is 0.222 e. The number of unbranched alkanes of at least 4 members (excludes halogenated alkanes) is 2. The molecule has 0 spiro atoms. The highest BCUT2D eigenvalue weighted by atomic mass is 127. The van der Waals surface area contributed by atoms with Crippen molar-refractivity contribution in [2.45, 2.75) is 38.6 Å². The Bertz CT molecular complexity index is 1190. The highest BCUT2D eigenvalue weighted by Gasteiger charge is 2.30. The lowest BCUT2D eigenvalue weighted by molar-refractivity contribution is -0.121.